The summed E-state index contributed by atoms with van der Waals surface area (Å²) >= 11 is 0. The average Bonchev–Trinajstić information content (AvgIpc) is 3.14. The van der Waals surface area contributed by atoms with Gasteiger partial charge in [0.2, 0.25) is 17.7 Å². The number of halogens is 1. The van der Waals surface area contributed by atoms with Crippen LogP contribution < -0.4 is 32.3 Å². The second kappa shape index (κ2) is 25.9. The Bertz CT molecular complexity index is 1460. The highest BCUT2D eigenvalue weighted by molar-refractivity contribution is 5.98. The summed E-state index contributed by atoms with van der Waals surface area (Å²) in [7, 11) is 0. The van der Waals surface area contributed by atoms with E-state index in [-0.39, 0.29) is 49.8 Å². The maximum absolute atomic E-state index is 13.6. The zero-order valence-corrected chi connectivity index (χ0v) is 31.9. The number of amides is 6. The molecule has 3 atom stereocenters. The molecule has 6 amide bonds. The predicted molar refractivity (Wildman–Crippen MR) is 206 cm³/mol. The van der Waals surface area contributed by atoms with Crippen LogP contribution in [0.4, 0.5) is 14.9 Å². The maximum Gasteiger partial charge on any atom is 0.312 e. The zero-order valence-electron chi connectivity index (χ0n) is 31.9. The van der Waals surface area contributed by atoms with Crippen molar-refractivity contribution in [1.29, 1.82) is 0 Å². The molecule has 2 rings (SSSR count). The van der Waals surface area contributed by atoms with Crippen LogP contribution in [0.25, 0.3) is 0 Å². The van der Waals surface area contributed by atoms with Crippen LogP contribution in [-0.2, 0) is 30.5 Å². The van der Waals surface area contributed by atoms with Crippen molar-refractivity contribution >= 4 is 41.8 Å². The van der Waals surface area contributed by atoms with Gasteiger partial charge in [0.25, 0.3) is 12.4 Å². The lowest BCUT2D eigenvalue weighted by molar-refractivity contribution is -0.132. The first-order valence-electron chi connectivity index (χ1n) is 19.1. The topological polar surface area (TPSA) is 198 Å². The number of rotatable bonds is 27. The van der Waals surface area contributed by atoms with Crippen molar-refractivity contribution in [3.63, 3.8) is 0 Å². The Kier molecular flexibility index (Phi) is 21.6. The second-order valence-electron chi connectivity index (χ2n) is 13.9. The van der Waals surface area contributed by atoms with Crippen molar-refractivity contribution < 1.29 is 37.9 Å². The number of primary amides is 1. The number of carbonyl (C=O) groups excluding carboxylic acids is 6. The van der Waals surface area contributed by atoms with Crippen molar-refractivity contribution in [3.05, 3.63) is 65.5 Å². The Morgan fingerprint density at radius 3 is 2.04 bits per heavy atom. The van der Waals surface area contributed by atoms with Crippen LogP contribution in [0.15, 0.2) is 48.5 Å². The van der Waals surface area contributed by atoms with Crippen molar-refractivity contribution in [2.45, 2.75) is 129 Å². The van der Waals surface area contributed by atoms with E-state index in [2.05, 4.69) is 33.5 Å². The minimum absolute atomic E-state index is 0.0401. The summed E-state index contributed by atoms with van der Waals surface area (Å²) in [5.74, 6) is -2.56. The van der Waals surface area contributed by atoms with Crippen LogP contribution >= 0.6 is 0 Å². The molecule has 14 heteroatoms. The molecule has 54 heavy (non-hydrogen) atoms. The van der Waals surface area contributed by atoms with Crippen LogP contribution in [-0.4, -0.2) is 60.8 Å². The normalized spacial score (nSPS) is 12.5. The summed E-state index contributed by atoms with van der Waals surface area (Å²) in [6.07, 6.45) is 10.5. The number of carbonyl (C=O) groups is 6. The van der Waals surface area contributed by atoms with Crippen molar-refractivity contribution in [2.24, 2.45) is 11.7 Å². The molecule has 2 aromatic rings. The Morgan fingerprint density at radius 2 is 1.43 bits per heavy atom. The number of nitrogens with one attached hydrogen (secondary N) is 5. The fourth-order valence-electron chi connectivity index (χ4n) is 5.86. The Labute approximate surface area is 318 Å². The third-order valence-corrected chi connectivity index (χ3v) is 8.97. The minimum Gasteiger partial charge on any atom is -0.463 e. The molecule has 298 valence electrons. The highest BCUT2D eigenvalue weighted by Gasteiger charge is 2.29. The van der Waals surface area contributed by atoms with Crippen molar-refractivity contribution in [2.75, 3.05) is 11.9 Å². The van der Waals surface area contributed by atoms with Gasteiger partial charge in [-0.3, -0.25) is 24.0 Å². The molecule has 0 bridgehead atoms. The van der Waals surface area contributed by atoms with Crippen molar-refractivity contribution in [1.82, 2.24) is 21.3 Å². The lowest BCUT2D eigenvalue weighted by Gasteiger charge is -2.26. The number of anilines is 1. The summed E-state index contributed by atoms with van der Waals surface area (Å²) < 4.78 is 18.2. The Hall–Kier alpha value is -5.01. The zero-order chi connectivity index (χ0) is 39.7. The molecule has 7 N–H and O–H groups in total. The minimum atomic E-state index is -1.01. The molecule has 0 spiro atoms. The number of nitrogens with two attached hydrogens (primary N) is 1. The molecule has 13 nitrogen and oxygen atoms in total. The molecule has 0 saturated carbocycles. The lowest BCUT2D eigenvalue weighted by Crippen LogP contribution is -2.54. The van der Waals surface area contributed by atoms with Gasteiger partial charge in [-0.05, 0) is 73.6 Å². The molecule has 0 radical (unpaired) electrons. The molecule has 0 aliphatic heterocycles. The molecule has 0 fully saturated rings. The van der Waals surface area contributed by atoms with Gasteiger partial charge in [-0.25, -0.2) is 9.18 Å². The molecule has 0 heterocycles. The van der Waals surface area contributed by atoms with E-state index in [9.17, 15) is 33.2 Å². The predicted octanol–water partition coefficient (Wildman–Crippen LogP) is 5.62. The molecule has 0 aliphatic rings. The molecule has 1 unspecified atom stereocenters. The summed E-state index contributed by atoms with van der Waals surface area (Å²) in [6.45, 7) is 6.35. The standard InChI is InChI=1S/C40H59FN6O7/c1-4-5-6-7-8-9-10-11-13-32(44-37(50)30-17-19-31(41)20-18-30)23-24-35(49)47-36(28(2)3)39(52)46-34(14-12-25-43-40(42)53)38(51)45-33-21-15-29(16-22-33)26-54-27-48/h15-22,27-28,32,34,36H,4-14,23-26H2,1-3H3,(H,44,50)(H,45,51)(H,46,52)(H,47,49)(H3,42,43,53)/t32?,34-,36-/m0/s1. The number of hydrogen-bond donors (Lipinski definition) is 6. The molecule has 0 aromatic heterocycles. The van der Waals surface area contributed by atoms with E-state index in [1.165, 1.54) is 49.9 Å². The highest BCUT2D eigenvalue weighted by Crippen LogP contribution is 2.16. The van der Waals surface area contributed by atoms with Crippen LogP contribution in [0.2, 0.25) is 0 Å². The average molecular weight is 755 g/mol. The smallest absolute Gasteiger partial charge is 0.312 e. The first-order valence-corrected chi connectivity index (χ1v) is 19.1. The van der Waals surface area contributed by atoms with E-state index in [0.29, 0.717) is 42.5 Å². The highest BCUT2D eigenvalue weighted by atomic mass is 19.1. The fourth-order valence-corrected chi connectivity index (χ4v) is 5.86. The largest absolute Gasteiger partial charge is 0.463 e. The van der Waals surface area contributed by atoms with Gasteiger partial charge in [0, 0.05) is 30.3 Å². The molecule has 0 aliphatic carbocycles. The van der Waals surface area contributed by atoms with E-state index in [4.69, 9.17) is 10.5 Å². The Balaban J connectivity index is 2.06. The lowest BCUT2D eigenvalue weighted by atomic mass is 9.99. The van der Waals surface area contributed by atoms with E-state index in [1.807, 2.05) is 0 Å². The molecule has 2 aromatic carbocycles. The number of unbranched alkanes of at least 4 members (excludes halogenated alkanes) is 7. The second-order valence-corrected chi connectivity index (χ2v) is 13.9. The van der Waals surface area contributed by atoms with Crippen LogP contribution in [0.3, 0.4) is 0 Å². The van der Waals surface area contributed by atoms with Gasteiger partial charge in [0.15, 0.2) is 0 Å². The van der Waals surface area contributed by atoms with Gasteiger partial charge in [0.05, 0.1) is 0 Å². The van der Waals surface area contributed by atoms with Crippen LogP contribution in [0.5, 0.6) is 0 Å². The Morgan fingerprint density at radius 1 is 0.778 bits per heavy atom. The summed E-state index contributed by atoms with van der Waals surface area (Å²) in [5, 5.41) is 13.8. The van der Waals surface area contributed by atoms with Gasteiger partial charge in [-0.1, -0.05) is 84.3 Å². The summed E-state index contributed by atoms with van der Waals surface area (Å²) in [4.78, 5) is 74.9. The number of urea groups is 1. The van der Waals surface area contributed by atoms with Gasteiger partial charge < -0.3 is 37.1 Å². The van der Waals surface area contributed by atoms with Gasteiger partial charge in [0.1, 0.15) is 24.5 Å². The first kappa shape index (κ1) is 45.1. The third-order valence-electron chi connectivity index (χ3n) is 8.97. The SMILES string of the molecule is CCCCCCCCCCC(CCC(=O)N[C@H](C(=O)N[C@@H](CCCNC(N)=O)C(=O)Nc1ccc(COC=O)cc1)C(C)C)NC(=O)c1ccc(F)cc1. The van der Waals surface area contributed by atoms with E-state index in [1.54, 1.807) is 38.1 Å². The van der Waals surface area contributed by atoms with Crippen molar-refractivity contribution in [3.8, 4) is 0 Å². The number of ether oxygens (including phenoxy) is 1. The van der Waals surface area contributed by atoms with Crippen LogP contribution in [0.1, 0.15) is 120 Å². The van der Waals surface area contributed by atoms with E-state index in [0.717, 1.165) is 25.7 Å². The quantitative estimate of drug-likeness (QED) is 0.0503. The monoisotopic (exact) mass is 754 g/mol. The maximum atomic E-state index is 13.6. The van der Waals surface area contributed by atoms with Gasteiger partial charge in [-0.15, -0.1) is 0 Å². The molecular formula is C40H59FN6O7. The third kappa shape index (κ3) is 18.7. The fraction of sp³-hybridized carbons (Fsp3) is 0.550. The number of benzene rings is 2. The molecule has 0 saturated heterocycles. The van der Waals surface area contributed by atoms with Crippen LogP contribution in [0, 0.1) is 11.7 Å². The summed E-state index contributed by atoms with van der Waals surface area (Å²) in [6, 6.07) is 8.93. The first-order chi connectivity index (χ1) is 25.9. The van der Waals surface area contributed by atoms with Gasteiger partial charge >= 0.3 is 6.03 Å². The van der Waals surface area contributed by atoms with Gasteiger partial charge in [-0.2, -0.15) is 0 Å². The van der Waals surface area contributed by atoms with E-state index >= 15 is 0 Å². The number of hydrogen-bond acceptors (Lipinski definition) is 7. The molecular weight excluding hydrogens is 695 g/mol. The summed E-state index contributed by atoms with van der Waals surface area (Å²) in [5.41, 5.74) is 6.65. The van der Waals surface area contributed by atoms with E-state index < -0.39 is 35.7 Å².